The Morgan fingerprint density at radius 3 is 2.57 bits per heavy atom. The lowest BCUT2D eigenvalue weighted by Gasteiger charge is -2.30. The molecule has 0 saturated heterocycles. The quantitative estimate of drug-likeness (QED) is 0.658. The van der Waals surface area contributed by atoms with Gasteiger partial charge in [0, 0.05) is 0 Å². The van der Waals surface area contributed by atoms with Gasteiger partial charge in [0.05, 0.1) is 11.5 Å². The fraction of sp³-hybridized carbons (Fsp3) is 0.636. The molecule has 1 aliphatic heterocycles. The van der Waals surface area contributed by atoms with Crippen LogP contribution in [0.1, 0.15) is 23.6 Å². The third kappa shape index (κ3) is 4.92. The van der Waals surface area contributed by atoms with Crippen molar-refractivity contribution in [2.45, 2.75) is 25.1 Å². The predicted molar refractivity (Wildman–Crippen MR) is 72.6 cm³/mol. The first-order valence-electron chi connectivity index (χ1n) is 5.99. The molecule has 2 rings (SSSR count). The molecule has 1 unspecified atom stereocenters. The van der Waals surface area contributed by atoms with Gasteiger partial charge in [-0.25, -0.2) is 0 Å². The fourth-order valence-electron chi connectivity index (χ4n) is 1.62. The molecule has 21 heavy (non-hydrogen) atoms. The van der Waals surface area contributed by atoms with Crippen LogP contribution in [0.4, 0.5) is 13.2 Å². The molecule has 0 amide bonds. The van der Waals surface area contributed by atoms with E-state index in [1.807, 2.05) is 11.3 Å². The minimum atomic E-state index is -5.84. The summed E-state index contributed by atoms with van der Waals surface area (Å²) in [6.45, 7) is 4.05. The summed E-state index contributed by atoms with van der Waals surface area (Å²) in [6.07, 6.45) is 1.28. The molecule has 0 spiro atoms. The number of hydrogen-bond acceptors (Lipinski definition) is 5. The number of halogens is 3. The zero-order valence-electron chi connectivity index (χ0n) is 11.4. The van der Waals surface area contributed by atoms with Crippen molar-refractivity contribution < 1.29 is 30.9 Å². The number of ether oxygens (including phenoxy) is 1. The van der Waals surface area contributed by atoms with Crippen LogP contribution in [-0.2, 0) is 21.3 Å². The fourth-order valence-corrected chi connectivity index (χ4v) is 2.68. The Kier molecular flexibility index (Phi) is 6.17. The van der Waals surface area contributed by atoms with Gasteiger partial charge in [0.15, 0.2) is 0 Å². The standard InChI is InChI=1S/C10H15NOS.CHF3O3S/c1-3-11(2)10-9-8(4-6-12-10)5-7-13-9;2-1(3,4)8(5,6)7/h5,7,10H,3-4,6H2,1-2H3;(H,5,6,7). The Labute approximate surface area is 125 Å². The van der Waals surface area contributed by atoms with Gasteiger partial charge in [-0.05, 0) is 37.0 Å². The lowest BCUT2D eigenvalue weighted by atomic mass is 10.1. The number of hydrogen-bond donors (Lipinski definition) is 1. The largest absolute Gasteiger partial charge is 0.522 e. The number of thiophene rings is 1. The summed E-state index contributed by atoms with van der Waals surface area (Å²) in [5.41, 5.74) is -4.06. The van der Waals surface area contributed by atoms with E-state index in [0.717, 1.165) is 19.6 Å². The summed E-state index contributed by atoms with van der Waals surface area (Å²) >= 11 is 1.81. The van der Waals surface area contributed by atoms with Crippen LogP contribution in [0.5, 0.6) is 0 Å². The van der Waals surface area contributed by atoms with Crippen LogP contribution in [0.25, 0.3) is 0 Å². The minimum absolute atomic E-state index is 0.203. The van der Waals surface area contributed by atoms with E-state index < -0.39 is 15.6 Å². The third-order valence-corrected chi connectivity index (χ3v) is 4.42. The van der Waals surface area contributed by atoms with Gasteiger partial charge in [-0.2, -0.15) is 21.6 Å². The molecule has 122 valence electrons. The second-order valence-electron chi connectivity index (χ2n) is 4.28. The average molecular weight is 347 g/mol. The van der Waals surface area contributed by atoms with Crippen molar-refractivity contribution in [2.75, 3.05) is 20.2 Å². The number of nitrogens with zero attached hydrogens (tertiary/aromatic N) is 1. The Balaban J connectivity index is 0.000000240. The Bertz CT molecular complexity index is 556. The summed E-state index contributed by atoms with van der Waals surface area (Å²) in [5.74, 6) is 0. The minimum Gasteiger partial charge on any atom is -0.358 e. The van der Waals surface area contributed by atoms with Gasteiger partial charge in [-0.3, -0.25) is 9.45 Å². The molecular formula is C11H16F3NO4S2. The van der Waals surface area contributed by atoms with E-state index in [4.69, 9.17) is 17.7 Å². The SMILES string of the molecule is CCN(C)C1OCCc2ccsc21.O=S(=O)(O)C(F)(F)F. The van der Waals surface area contributed by atoms with Gasteiger partial charge in [0.25, 0.3) is 0 Å². The summed E-state index contributed by atoms with van der Waals surface area (Å²) in [6, 6.07) is 2.22. The highest BCUT2D eigenvalue weighted by Gasteiger charge is 2.44. The molecule has 1 atom stereocenters. The zero-order chi connectivity index (χ0) is 16.3. The van der Waals surface area contributed by atoms with Crippen LogP contribution in [0.2, 0.25) is 0 Å². The van der Waals surface area contributed by atoms with E-state index in [9.17, 15) is 13.2 Å². The van der Waals surface area contributed by atoms with Crippen molar-refractivity contribution in [1.29, 1.82) is 0 Å². The van der Waals surface area contributed by atoms with Crippen molar-refractivity contribution in [1.82, 2.24) is 4.90 Å². The first-order valence-corrected chi connectivity index (χ1v) is 8.31. The van der Waals surface area contributed by atoms with Gasteiger partial charge >= 0.3 is 15.6 Å². The monoisotopic (exact) mass is 347 g/mol. The van der Waals surface area contributed by atoms with Gasteiger partial charge in [0.2, 0.25) is 0 Å². The Hall–Kier alpha value is -0.680. The van der Waals surface area contributed by atoms with Crippen molar-refractivity contribution >= 4 is 21.5 Å². The Morgan fingerprint density at radius 2 is 2.10 bits per heavy atom. The maximum atomic E-state index is 10.7. The van der Waals surface area contributed by atoms with Gasteiger partial charge in [-0.1, -0.05) is 6.92 Å². The molecule has 0 radical (unpaired) electrons. The van der Waals surface area contributed by atoms with Crippen LogP contribution < -0.4 is 0 Å². The lowest BCUT2D eigenvalue weighted by Crippen LogP contribution is -2.29. The van der Waals surface area contributed by atoms with Crippen LogP contribution in [-0.4, -0.2) is 43.6 Å². The first kappa shape index (κ1) is 18.4. The number of alkyl halides is 3. The third-order valence-electron chi connectivity index (χ3n) is 2.84. The maximum absolute atomic E-state index is 10.7. The Morgan fingerprint density at radius 1 is 1.52 bits per heavy atom. The normalized spacial score (nSPS) is 18.9. The topological polar surface area (TPSA) is 66.8 Å². The zero-order valence-corrected chi connectivity index (χ0v) is 13.1. The molecule has 5 nitrogen and oxygen atoms in total. The van der Waals surface area contributed by atoms with E-state index in [-0.39, 0.29) is 6.23 Å². The first-order chi connectivity index (χ1) is 9.58. The van der Waals surface area contributed by atoms with Crippen LogP contribution >= 0.6 is 11.3 Å². The maximum Gasteiger partial charge on any atom is 0.522 e. The molecule has 0 aromatic carbocycles. The van der Waals surface area contributed by atoms with Gasteiger partial charge in [0.1, 0.15) is 6.23 Å². The molecular weight excluding hydrogens is 331 g/mol. The van der Waals surface area contributed by atoms with Crippen LogP contribution in [0.3, 0.4) is 0 Å². The van der Waals surface area contributed by atoms with Crippen LogP contribution in [0.15, 0.2) is 11.4 Å². The van der Waals surface area contributed by atoms with E-state index in [1.165, 1.54) is 10.4 Å². The second-order valence-corrected chi connectivity index (χ2v) is 6.64. The summed E-state index contributed by atoms with van der Waals surface area (Å²) in [4.78, 5) is 3.64. The van der Waals surface area contributed by atoms with E-state index in [1.54, 1.807) is 0 Å². The van der Waals surface area contributed by atoms with Crippen molar-refractivity contribution in [3.05, 3.63) is 21.9 Å². The van der Waals surface area contributed by atoms with E-state index >= 15 is 0 Å². The highest BCUT2D eigenvalue weighted by molar-refractivity contribution is 7.86. The van der Waals surface area contributed by atoms with E-state index in [0.29, 0.717) is 0 Å². The number of fused-ring (bicyclic) bond motifs is 1. The molecule has 0 bridgehead atoms. The second kappa shape index (κ2) is 7.05. The molecule has 1 aliphatic rings. The summed E-state index contributed by atoms with van der Waals surface area (Å²) in [5, 5.41) is 2.16. The summed E-state index contributed by atoms with van der Waals surface area (Å²) < 4.78 is 63.3. The predicted octanol–water partition coefficient (Wildman–Crippen LogP) is 2.67. The molecule has 1 aromatic heterocycles. The molecule has 1 aromatic rings. The smallest absolute Gasteiger partial charge is 0.358 e. The van der Waals surface area contributed by atoms with Crippen molar-refractivity contribution in [3.8, 4) is 0 Å². The summed E-state index contributed by atoms with van der Waals surface area (Å²) in [7, 11) is -3.73. The van der Waals surface area contributed by atoms with Gasteiger partial charge < -0.3 is 4.74 Å². The van der Waals surface area contributed by atoms with Crippen molar-refractivity contribution in [3.63, 3.8) is 0 Å². The average Bonchev–Trinajstić information content (AvgIpc) is 2.84. The molecule has 10 heteroatoms. The van der Waals surface area contributed by atoms with Crippen molar-refractivity contribution in [2.24, 2.45) is 0 Å². The van der Waals surface area contributed by atoms with E-state index in [2.05, 4.69) is 30.3 Å². The highest BCUT2D eigenvalue weighted by Crippen LogP contribution is 2.33. The molecule has 1 N–H and O–H groups in total. The molecule has 0 saturated carbocycles. The van der Waals surface area contributed by atoms with Gasteiger partial charge in [-0.15, -0.1) is 11.3 Å². The number of rotatable bonds is 2. The molecule has 0 aliphatic carbocycles. The molecule has 0 fully saturated rings. The highest BCUT2D eigenvalue weighted by atomic mass is 32.2. The lowest BCUT2D eigenvalue weighted by molar-refractivity contribution is -0.0535. The molecule has 2 heterocycles. The van der Waals surface area contributed by atoms with Crippen LogP contribution in [0, 0.1) is 0 Å².